The number of anilines is 1. The molecule has 0 amide bonds. The van der Waals surface area contributed by atoms with Gasteiger partial charge in [-0.3, -0.25) is 0 Å². The predicted octanol–water partition coefficient (Wildman–Crippen LogP) is 1.64. The summed E-state index contributed by atoms with van der Waals surface area (Å²) in [6.45, 7) is 4.35. The molecule has 4 nitrogen and oxygen atoms in total. The molecule has 94 valence electrons. The number of aromatic nitrogens is 2. The van der Waals surface area contributed by atoms with Crippen LogP contribution in [0.4, 0.5) is 5.82 Å². The minimum Gasteiger partial charge on any atom is -0.396 e. The molecule has 1 aliphatic heterocycles. The largest absolute Gasteiger partial charge is 0.396 e. The fourth-order valence-electron chi connectivity index (χ4n) is 2.33. The fourth-order valence-corrected chi connectivity index (χ4v) is 2.33. The Morgan fingerprint density at radius 1 is 1.41 bits per heavy atom. The van der Waals surface area contributed by atoms with Crippen molar-refractivity contribution in [3.63, 3.8) is 0 Å². The summed E-state index contributed by atoms with van der Waals surface area (Å²) in [5, 5.41) is 17.7. The second-order valence-corrected chi connectivity index (χ2v) is 4.77. The van der Waals surface area contributed by atoms with Crippen molar-refractivity contribution in [3.8, 4) is 0 Å². The highest BCUT2D eigenvalue weighted by molar-refractivity contribution is 5.37. The molecule has 1 atom stereocenters. The molecule has 0 spiro atoms. The molecule has 0 saturated carbocycles. The van der Waals surface area contributed by atoms with E-state index in [0.29, 0.717) is 5.92 Å². The Hall–Kier alpha value is -1.16. The van der Waals surface area contributed by atoms with E-state index in [9.17, 15) is 5.11 Å². The van der Waals surface area contributed by atoms with E-state index in [0.717, 1.165) is 50.3 Å². The summed E-state index contributed by atoms with van der Waals surface area (Å²) in [7, 11) is 0. The van der Waals surface area contributed by atoms with E-state index in [1.165, 1.54) is 0 Å². The number of hydrogen-bond acceptors (Lipinski definition) is 4. The SMILES string of the molecule is CCCc1ccc(N2CCCC(CO)C2)nn1. The van der Waals surface area contributed by atoms with E-state index in [-0.39, 0.29) is 6.61 Å². The van der Waals surface area contributed by atoms with Gasteiger partial charge in [0.2, 0.25) is 0 Å². The van der Waals surface area contributed by atoms with Gasteiger partial charge in [-0.05, 0) is 37.3 Å². The van der Waals surface area contributed by atoms with Crippen LogP contribution in [0.2, 0.25) is 0 Å². The van der Waals surface area contributed by atoms with Crippen LogP contribution < -0.4 is 4.90 Å². The Kier molecular flexibility index (Phi) is 4.31. The molecule has 1 fully saturated rings. The summed E-state index contributed by atoms with van der Waals surface area (Å²) in [5.41, 5.74) is 1.06. The average Bonchev–Trinajstić information content (AvgIpc) is 2.40. The zero-order valence-corrected chi connectivity index (χ0v) is 10.5. The van der Waals surface area contributed by atoms with Crippen LogP contribution in [0.5, 0.6) is 0 Å². The lowest BCUT2D eigenvalue weighted by Crippen LogP contribution is -2.37. The van der Waals surface area contributed by atoms with E-state index < -0.39 is 0 Å². The van der Waals surface area contributed by atoms with Gasteiger partial charge in [0, 0.05) is 19.7 Å². The van der Waals surface area contributed by atoms with Gasteiger partial charge in [-0.1, -0.05) is 13.3 Å². The maximum absolute atomic E-state index is 9.21. The smallest absolute Gasteiger partial charge is 0.151 e. The number of hydrogen-bond donors (Lipinski definition) is 1. The molecule has 1 saturated heterocycles. The summed E-state index contributed by atoms with van der Waals surface area (Å²) in [6, 6.07) is 4.12. The molecule has 1 N–H and O–H groups in total. The molecule has 0 aliphatic carbocycles. The van der Waals surface area contributed by atoms with Gasteiger partial charge in [0.15, 0.2) is 5.82 Å². The van der Waals surface area contributed by atoms with Crippen molar-refractivity contribution in [2.75, 3.05) is 24.6 Å². The van der Waals surface area contributed by atoms with Crippen LogP contribution in [0.15, 0.2) is 12.1 Å². The van der Waals surface area contributed by atoms with Crippen molar-refractivity contribution >= 4 is 5.82 Å². The third-order valence-electron chi connectivity index (χ3n) is 3.31. The van der Waals surface area contributed by atoms with Gasteiger partial charge in [-0.2, -0.15) is 5.10 Å². The van der Waals surface area contributed by atoms with Gasteiger partial charge in [-0.15, -0.1) is 5.10 Å². The lowest BCUT2D eigenvalue weighted by molar-refractivity contribution is 0.208. The Bertz CT molecular complexity index is 339. The quantitative estimate of drug-likeness (QED) is 0.862. The first kappa shape index (κ1) is 12.3. The highest BCUT2D eigenvalue weighted by Crippen LogP contribution is 2.20. The van der Waals surface area contributed by atoms with E-state index >= 15 is 0 Å². The maximum atomic E-state index is 9.21. The normalized spacial score (nSPS) is 20.6. The topological polar surface area (TPSA) is 49.2 Å². The first-order valence-electron chi connectivity index (χ1n) is 6.52. The highest BCUT2D eigenvalue weighted by atomic mass is 16.3. The van der Waals surface area contributed by atoms with Crippen molar-refractivity contribution in [3.05, 3.63) is 17.8 Å². The summed E-state index contributed by atoms with van der Waals surface area (Å²) in [5.74, 6) is 1.34. The molecule has 1 aliphatic rings. The van der Waals surface area contributed by atoms with Crippen molar-refractivity contribution < 1.29 is 5.11 Å². The van der Waals surface area contributed by atoms with Gasteiger partial charge in [0.05, 0.1) is 5.69 Å². The van der Waals surface area contributed by atoms with Crippen molar-refractivity contribution in [2.24, 2.45) is 5.92 Å². The highest BCUT2D eigenvalue weighted by Gasteiger charge is 2.20. The molecule has 1 aromatic rings. The molecule has 0 bridgehead atoms. The number of aryl methyl sites for hydroxylation is 1. The number of nitrogens with zero attached hydrogens (tertiary/aromatic N) is 3. The minimum absolute atomic E-state index is 0.276. The molecule has 0 aromatic carbocycles. The number of piperidine rings is 1. The lowest BCUT2D eigenvalue weighted by Gasteiger charge is -2.32. The van der Waals surface area contributed by atoms with E-state index in [4.69, 9.17) is 0 Å². The standard InChI is InChI=1S/C13H21N3O/c1-2-4-12-6-7-13(15-14-12)16-8-3-5-11(9-16)10-17/h6-7,11,17H,2-5,8-10H2,1H3. The number of aliphatic hydroxyl groups excluding tert-OH is 1. The molecule has 4 heteroatoms. The van der Waals surface area contributed by atoms with E-state index in [1.54, 1.807) is 0 Å². The fraction of sp³-hybridized carbons (Fsp3) is 0.692. The lowest BCUT2D eigenvalue weighted by atomic mass is 9.99. The molecular weight excluding hydrogens is 214 g/mol. The predicted molar refractivity (Wildman–Crippen MR) is 68.0 cm³/mol. The van der Waals surface area contributed by atoms with Crippen LogP contribution >= 0.6 is 0 Å². The van der Waals surface area contributed by atoms with Crippen LogP contribution in [-0.2, 0) is 6.42 Å². The first-order chi connectivity index (χ1) is 8.33. The van der Waals surface area contributed by atoms with Crippen molar-refractivity contribution in [1.29, 1.82) is 0 Å². The molecular formula is C13H21N3O. The van der Waals surface area contributed by atoms with Gasteiger partial charge in [0.1, 0.15) is 0 Å². The van der Waals surface area contributed by atoms with E-state index in [2.05, 4.69) is 34.2 Å². The number of aliphatic hydroxyl groups is 1. The first-order valence-corrected chi connectivity index (χ1v) is 6.52. The Morgan fingerprint density at radius 2 is 2.29 bits per heavy atom. The summed E-state index contributed by atoms with van der Waals surface area (Å²) in [6.07, 6.45) is 4.34. The summed E-state index contributed by atoms with van der Waals surface area (Å²) < 4.78 is 0. The Balaban J connectivity index is 2.01. The van der Waals surface area contributed by atoms with Crippen LogP contribution in [0.1, 0.15) is 31.9 Å². The molecule has 0 radical (unpaired) electrons. The summed E-state index contributed by atoms with van der Waals surface area (Å²) in [4.78, 5) is 2.23. The Morgan fingerprint density at radius 3 is 2.94 bits per heavy atom. The van der Waals surface area contributed by atoms with Crippen LogP contribution in [0.25, 0.3) is 0 Å². The van der Waals surface area contributed by atoms with Gasteiger partial charge < -0.3 is 10.0 Å². The Labute approximate surface area is 103 Å². The van der Waals surface area contributed by atoms with Crippen LogP contribution in [0, 0.1) is 5.92 Å². The van der Waals surface area contributed by atoms with Gasteiger partial charge >= 0.3 is 0 Å². The molecule has 17 heavy (non-hydrogen) atoms. The van der Waals surface area contributed by atoms with Crippen molar-refractivity contribution in [1.82, 2.24) is 10.2 Å². The molecule has 2 heterocycles. The van der Waals surface area contributed by atoms with Crippen LogP contribution in [-0.4, -0.2) is 35.0 Å². The number of rotatable bonds is 4. The maximum Gasteiger partial charge on any atom is 0.151 e. The van der Waals surface area contributed by atoms with Crippen LogP contribution in [0.3, 0.4) is 0 Å². The monoisotopic (exact) mass is 235 g/mol. The molecule has 2 rings (SSSR count). The summed E-state index contributed by atoms with van der Waals surface area (Å²) >= 11 is 0. The van der Waals surface area contributed by atoms with Gasteiger partial charge in [-0.25, -0.2) is 0 Å². The molecule has 1 aromatic heterocycles. The second kappa shape index (κ2) is 5.96. The van der Waals surface area contributed by atoms with Gasteiger partial charge in [0.25, 0.3) is 0 Å². The zero-order valence-electron chi connectivity index (χ0n) is 10.5. The third-order valence-corrected chi connectivity index (χ3v) is 3.31. The second-order valence-electron chi connectivity index (χ2n) is 4.77. The minimum atomic E-state index is 0.276. The average molecular weight is 235 g/mol. The van der Waals surface area contributed by atoms with Crippen molar-refractivity contribution in [2.45, 2.75) is 32.6 Å². The van der Waals surface area contributed by atoms with E-state index in [1.807, 2.05) is 0 Å². The third kappa shape index (κ3) is 3.16. The zero-order chi connectivity index (χ0) is 12.1. The molecule has 1 unspecified atom stereocenters.